The normalized spacial score (nSPS) is 27.2. The molecule has 2 atom stereocenters. The molecule has 1 aromatic rings. The van der Waals surface area contributed by atoms with E-state index in [2.05, 4.69) is 47.5 Å². The molecule has 106 valence electrons. The highest BCUT2D eigenvalue weighted by Crippen LogP contribution is 2.29. The molecule has 1 saturated heterocycles. The van der Waals surface area contributed by atoms with Gasteiger partial charge in [0, 0.05) is 25.2 Å². The Hall–Kier alpha value is -1.37. The molecule has 3 rings (SSSR count). The number of hydrogen-bond acceptors (Lipinski definition) is 3. The summed E-state index contributed by atoms with van der Waals surface area (Å²) in [6.07, 6.45) is 3.84. The van der Waals surface area contributed by atoms with Gasteiger partial charge in [0.05, 0.1) is 12.6 Å². The SMILES string of the molecule is Cc1ccc(C2CC(NC3CC3)CN(CC#N)C2)cc1. The predicted octanol–water partition coefficient (Wildman–Crippen LogP) is 2.43. The minimum Gasteiger partial charge on any atom is -0.310 e. The Bertz CT molecular complexity index is 484. The van der Waals surface area contributed by atoms with E-state index >= 15 is 0 Å². The van der Waals surface area contributed by atoms with Crippen molar-refractivity contribution in [3.63, 3.8) is 0 Å². The molecule has 0 spiro atoms. The van der Waals surface area contributed by atoms with Crippen LogP contribution in [-0.4, -0.2) is 36.6 Å². The number of likely N-dealkylation sites (tertiary alicyclic amines) is 1. The van der Waals surface area contributed by atoms with Gasteiger partial charge in [-0.15, -0.1) is 0 Å². The van der Waals surface area contributed by atoms with Crippen LogP contribution in [0.5, 0.6) is 0 Å². The zero-order chi connectivity index (χ0) is 13.9. The first-order valence-electron chi connectivity index (χ1n) is 7.66. The molecule has 1 heterocycles. The lowest BCUT2D eigenvalue weighted by Gasteiger charge is -2.37. The molecular formula is C17H23N3. The molecule has 2 aliphatic rings. The van der Waals surface area contributed by atoms with Crippen LogP contribution in [0, 0.1) is 18.3 Å². The van der Waals surface area contributed by atoms with Gasteiger partial charge >= 0.3 is 0 Å². The number of nitrogens with one attached hydrogen (secondary N) is 1. The fourth-order valence-electron chi connectivity index (χ4n) is 3.20. The predicted molar refractivity (Wildman–Crippen MR) is 80.5 cm³/mol. The molecule has 0 radical (unpaired) electrons. The van der Waals surface area contributed by atoms with Crippen molar-refractivity contribution < 1.29 is 0 Å². The third kappa shape index (κ3) is 3.39. The molecule has 2 unspecified atom stereocenters. The van der Waals surface area contributed by atoms with Crippen LogP contribution in [0.15, 0.2) is 24.3 Å². The van der Waals surface area contributed by atoms with E-state index in [-0.39, 0.29) is 0 Å². The summed E-state index contributed by atoms with van der Waals surface area (Å²) >= 11 is 0. The van der Waals surface area contributed by atoms with Crippen molar-refractivity contribution in [2.45, 2.75) is 44.2 Å². The number of piperidine rings is 1. The summed E-state index contributed by atoms with van der Waals surface area (Å²) < 4.78 is 0. The molecule has 1 saturated carbocycles. The molecular weight excluding hydrogens is 246 g/mol. The molecule has 1 aliphatic carbocycles. The fourth-order valence-corrected chi connectivity index (χ4v) is 3.20. The summed E-state index contributed by atoms with van der Waals surface area (Å²) in [5.74, 6) is 0.550. The second-order valence-electron chi connectivity index (χ2n) is 6.33. The number of nitrogens with zero attached hydrogens (tertiary/aromatic N) is 2. The second-order valence-corrected chi connectivity index (χ2v) is 6.33. The lowest BCUT2D eigenvalue weighted by molar-refractivity contribution is 0.187. The van der Waals surface area contributed by atoms with E-state index in [4.69, 9.17) is 5.26 Å². The molecule has 3 heteroatoms. The topological polar surface area (TPSA) is 39.1 Å². The van der Waals surface area contributed by atoms with Gasteiger partial charge in [-0.3, -0.25) is 4.90 Å². The van der Waals surface area contributed by atoms with Gasteiger partial charge < -0.3 is 5.32 Å². The minimum absolute atomic E-state index is 0.538. The van der Waals surface area contributed by atoms with Crippen molar-refractivity contribution in [1.82, 2.24) is 10.2 Å². The van der Waals surface area contributed by atoms with E-state index in [1.807, 2.05) is 0 Å². The minimum atomic E-state index is 0.538. The fraction of sp³-hybridized carbons (Fsp3) is 0.588. The van der Waals surface area contributed by atoms with Crippen LogP contribution in [0.2, 0.25) is 0 Å². The van der Waals surface area contributed by atoms with Gasteiger partial charge in [0.25, 0.3) is 0 Å². The van der Waals surface area contributed by atoms with Crippen molar-refractivity contribution in [3.8, 4) is 6.07 Å². The van der Waals surface area contributed by atoms with Gasteiger partial charge in [0.2, 0.25) is 0 Å². The summed E-state index contributed by atoms with van der Waals surface area (Å²) in [4.78, 5) is 2.30. The van der Waals surface area contributed by atoms with Crippen LogP contribution in [0.1, 0.15) is 36.3 Å². The lowest BCUT2D eigenvalue weighted by atomic mass is 9.87. The molecule has 1 aromatic carbocycles. The summed E-state index contributed by atoms with van der Waals surface area (Å²) in [6.45, 7) is 4.71. The first-order chi connectivity index (χ1) is 9.74. The zero-order valence-electron chi connectivity index (χ0n) is 12.2. The first kappa shape index (κ1) is 13.6. The molecule has 20 heavy (non-hydrogen) atoms. The summed E-state index contributed by atoms with van der Waals surface area (Å²) in [5.41, 5.74) is 2.73. The van der Waals surface area contributed by atoms with Gasteiger partial charge in [-0.1, -0.05) is 29.8 Å². The van der Waals surface area contributed by atoms with Gasteiger partial charge in [-0.2, -0.15) is 5.26 Å². The van der Waals surface area contributed by atoms with E-state index in [9.17, 15) is 0 Å². The third-order valence-electron chi connectivity index (χ3n) is 4.42. The van der Waals surface area contributed by atoms with Crippen molar-refractivity contribution in [1.29, 1.82) is 5.26 Å². The van der Waals surface area contributed by atoms with Crippen LogP contribution < -0.4 is 5.32 Å². The summed E-state index contributed by atoms with van der Waals surface area (Å²) in [6, 6.07) is 12.5. The van der Waals surface area contributed by atoms with Crippen LogP contribution in [-0.2, 0) is 0 Å². The third-order valence-corrected chi connectivity index (χ3v) is 4.42. The van der Waals surface area contributed by atoms with Crippen molar-refractivity contribution in [3.05, 3.63) is 35.4 Å². The van der Waals surface area contributed by atoms with Crippen LogP contribution in [0.25, 0.3) is 0 Å². The number of hydrogen-bond donors (Lipinski definition) is 1. The number of nitriles is 1. The standard InChI is InChI=1S/C17H23N3/c1-13-2-4-14(5-3-13)15-10-17(19-16-6-7-16)12-20(11-15)9-8-18/h2-5,15-17,19H,6-7,9-12H2,1H3. The number of aryl methyl sites for hydroxylation is 1. The Labute approximate surface area is 121 Å². The molecule has 0 bridgehead atoms. The van der Waals surface area contributed by atoms with Crippen molar-refractivity contribution in [2.24, 2.45) is 0 Å². The number of benzene rings is 1. The molecule has 2 fully saturated rings. The van der Waals surface area contributed by atoms with E-state index in [1.54, 1.807) is 0 Å². The average molecular weight is 269 g/mol. The maximum Gasteiger partial charge on any atom is 0.0866 e. The monoisotopic (exact) mass is 269 g/mol. The van der Waals surface area contributed by atoms with Gasteiger partial charge in [0.1, 0.15) is 0 Å². The van der Waals surface area contributed by atoms with E-state index in [1.165, 1.54) is 30.4 Å². The highest BCUT2D eigenvalue weighted by Gasteiger charge is 2.31. The van der Waals surface area contributed by atoms with Crippen molar-refractivity contribution in [2.75, 3.05) is 19.6 Å². The van der Waals surface area contributed by atoms with Crippen LogP contribution >= 0.6 is 0 Å². The Kier molecular flexibility index (Phi) is 4.05. The average Bonchev–Trinajstić information content (AvgIpc) is 3.23. The molecule has 0 amide bonds. The van der Waals surface area contributed by atoms with Gasteiger partial charge in [-0.05, 0) is 37.7 Å². The Morgan fingerprint density at radius 2 is 1.95 bits per heavy atom. The highest BCUT2D eigenvalue weighted by molar-refractivity contribution is 5.25. The van der Waals surface area contributed by atoms with E-state index < -0.39 is 0 Å². The maximum absolute atomic E-state index is 8.98. The molecule has 1 N–H and O–H groups in total. The first-order valence-corrected chi connectivity index (χ1v) is 7.66. The quantitative estimate of drug-likeness (QED) is 0.853. The summed E-state index contributed by atoms with van der Waals surface area (Å²) in [5, 5.41) is 12.7. The summed E-state index contributed by atoms with van der Waals surface area (Å²) in [7, 11) is 0. The largest absolute Gasteiger partial charge is 0.310 e. The zero-order valence-corrected chi connectivity index (χ0v) is 12.2. The molecule has 0 aromatic heterocycles. The Balaban J connectivity index is 1.71. The van der Waals surface area contributed by atoms with Gasteiger partial charge in [-0.25, -0.2) is 0 Å². The molecule has 1 aliphatic heterocycles. The van der Waals surface area contributed by atoms with Gasteiger partial charge in [0.15, 0.2) is 0 Å². The maximum atomic E-state index is 8.98. The van der Waals surface area contributed by atoms with Crippen LogP contribution in [0.4, 0.5) is 0 Å². The Morgan fingerprint density at radius 1 is 1.20 bits per heavy atom. The van der Waals surface area contributed by atoms with E-state index in [0.717, 1.165) is 19.1 Å². The Morgan fingerprint density at radius 3 is 2.60 bits per heavy atom. The smallest absolute Gasteiger partial charge is 0.0866 e. The second kappa shape index (κ2) is 5.95. The lowest BCUT2D eigenvalue weighted by Crippen LogP contribution is -2.49. The van der Waals surface area contributed by atoms with Crippen LogP contribution in [0.3, 0.4) is 0 Å². The highest BCUT2D eigenvalue weighted by atomic mass is 15.2. The number of rotatable bonds is 4. The van der Waals surface area contributed by atoms with Crippen molar-refractivity contribution >= 4 is 0 Å². The molecule has 3 nitrogen and oxygen atoms in total. The van der Waals surface area contributed by atoms with E-state index in [0.29, 0.717) is 18.5 Å².